The van der Waals surface area contributed by atoms with E-state index in [1.807, 2.05) is 11.0 Å². The van der Waals surface area contributed by atoms with Gasteiger partial charge in [-0.05, 0) is 24.5 Å². The van der Waals surface area contributed by atoms with Crippen LogP contribution >= 0.6 is 0 Å². The van der Waals surface area contributed by atoms with Gasteiger partial charge in [-0.15, -0.1) is 0 Å². The second kappa shape index (κ2) is 3.95. The molecule has 0 spiro atoms. The fraction of sp³-hybridized carbons (Fsp3) is 0.375. The van der Waals surface area contributed by atoms with Crippen LogP contribution in [0.3, 0.4) is 0 Å². The van der Waals surface area contributed by atoms with Gasteiger partial charge in [0.1, 0.15) is 0 Å². The molecule has 1 amide bonds. The number of piperidine rings is 1. The summed E-state index contributed by atoms with van der Waals surface area (Å²) in [5.41, 5.74) is 3.34. The molecule has 2 bridgehead atoms. The first-order valence-corrected chi connectivity index (χ1v) is 6.97. The largest absolute Gasteiger partial charge is 0.453 e. The zero-order chi connectivity index (χ0) is 13.7. The Morgan fingerprint density at radius 3 is 3.15 bits per heavy atom. The van der Waals surface area contributed by atoms with Crippen molar-refractivity contribution in [1.82, 2.24) is 4.90 Å². The number of nitrogens with zero attached hydrogens (tertiary/aromatic N) is 2. The summed E-state index contributed by atoms with van der Waals surface area (Å²) in [6.07, 6.45) is 5.91. The molecule has 1 aliphatic carbocycles. The van der Waals surface area contributed by atoms with Gasteiger partial charge in [0.05, 0.1) is 30.0 Å². The van der Waals surface area contributed by atoms with E-state index in [1.54, 1.807) is 0 Å². The summed E-state index contributed by atoms with van der Waals surface area (Å²) in [5, 5.41) is 0. The summed E-state index contributed by atoms with van der Waals surface area (Å²) >= 11 is 0. The van der Waals surface area contributed by atoms with E-state index in [2.05, 4.69) is 30.4 Å². The van der Waals surface area contributed by atoms with Crippen LogP contribution in [-0.4, -0.2) is 36.4 Å². The van der Waals surface area contributed by atoms with Crippen molar-refractivity contribution in [3.05, 3.63) is 42.0 Å². The molecule has 4 rings (SSSR count). The average molecular weight is 268 g/mol. The first-order valence-electron chi connectivity index (χ1n) is 6.97. The normalized spacial score (nSPS) is 29.6. The molecule has 3 aliphatic rings. The van der Waals surface area contributed by atoms with Crippen LogP contribution in [0.2, 0.25) is 0 Å². The highest BCUT2D eigenvalue weighted by atomic mass is 16.5. The number of ether oxygens (including phenoxy) is 1. The lowest BCUT2D eigenvalue weighted by atomic mass is 9.67. The van der Waals surface area contributed by atoms with Crippen molar-refractivity contribution in [3.63, 3.8) is 0 Å². The van der Waals surface area contributed by atoms with Gasteiger partial charge < -0.3 is 4.74 Å². The van der Waals surface area contributed by atoms with E-state index < -0.39 is 0 Å². The van der Waals surface area contributed by atoms with E-state index in [-0.39, 0.29) is 17.6 Å². The van der Waals surface area contributed by atoms with Crippen molar-refractivity contribution in [2.45, 2.75) is 24.3 Å². The molecule has 1 aromatic rings. The van der Waals surface area contributed by atoms with Crippen LogP contribution < -0.4 is 0 Å². The van der Waals surface area contributed by atoms with Crippen molar-refractivity contribution < 1.29 is 9.53 Å². The average Bonchev–Trinajstić information content (AvgIpc) is 2.82. The topological polar surface area (TPSA) is 41.9 Å². The van der Waals surface area contributed by atoms with Gasteiger partial charge in [-0.25, -0.2) is 4.79 Å². The maximum absolute atomic E-state index is 12.0. The van der Waals surface area contributed by atoms with Gasteiger partial charge in [-0.1, -0.05) is 30.4 Å². The third-order valence-electron chi connectivity index (χ3n) is 4.69. The fourth-order valence-corrected chi connectivity index (χ4v) is 3.78. The van der Waals surface area contributed by atoms with Gasteiger partial charge >= 0.3 is 6.09 Å². The van der Waals surface area contributed by atoms with E-state index in [9.17, 15) is 4.79 Å². The van der Waals surface area contributed by atoms with Crippen molar-refractivity contribution in [2.24, 2.45) is 4.99 Å². The van der Waals surface area contributed by atoms with Gasteiger partial charge in [-0.3, -0.25) is 9.89 Å². The number of aliphatic imine (C=N–C) groups is 1. The van der Waals surface area contributed by atoms with Crippen LogP contribution in [0.25, 0.3) is 0 Å². The standard InChI is InChI=1S/C16H16N2O2/c1-20-15(19)18-10-9-16-8-4-7-13(18)14(16)17-12-6-3-2-5-11(12)16/h2-6,8,13H,7,9-10H2,1H3. The molecular weight excluding hydrogens is 252 g/mol. The van der Waals surface area contributed by atoms with Gasteiger partial charge in [0.15, 0.2) is 0 Å². The van der Waals surface area contributed by atoms with Gasteiger partial charge in [-0.2, -0.15) is 0 Å². The Kier molecular flexibility index (Phi) is 2.31. The smallest absolute Gasteiger partial charge is 0.410 e. The Balaban J connectivity index is 1.85. The molecule has 1 fully saturated rings. The van der Waals surface area contributed by atoms with Gasteiger partial charge in [0.25, 0.3) is 0 Å². The number of amides is 1. The minimum absolute atomic E-state index is 0.0357. The summed E-state index contributed by atoms with van der Waals surface area (Å²) in [5.74, 6) is 0. The first kappa shape index (κ1) is 11.7. The van der Waals surface area contributed by atoms with Crippen molar-refractivity contribution in [2.75, 3.05) is 13.7 Å². The number of hydrogen-bond donors (Lipinski definition) is 0. The highest BCUT2D eigenvalue weighted by Gasteiger charge is 2.51. The molecule has 4 heteroatoms. The Hall–Kier alpha value is -2.10. The summed E-state index contributed by atoms with van der Waals surface area (Å²) in [7, 11) is 1.44. The SMILES string of the molecule is COC(=O)N1CCC23C=CCC1C2=Nc1ccccc13. The van der Waals surface area contributed by atoms with Crippen LogP contribution in [-0.2, 0) is 10.2 Å². The lowest BCUT2D eigenvalue weighted by Gasteiger charge is -2.46. The van der Waals surface area contributed by atoms with Crippen LogP contribution in [0.15, 0.2) is 41.4 Å². The lowest BCUT2D eigenvalue weighted by molar-refractivity contribution is 0.107. The highest BCUT2D eigenvalue weighted by Crippen LogP contribution is 2.49. The number of carbonyl (C=O) groups is 1. The quantitative estimate of drug-likeness (QED) is 0.679. The molecule has 4 nitrogen and oxygen atoms in total. The highest BCUT2D eigenvalue weighted by molar-refractivity contribution is 6.09. The van der Waals surface area contributed by atoms with E-state index in [0.717, 1.165) is 30.8 Å². The van der Waals surface area contributed by atoms with E-state index in [1.165, 1.54) is 12.7 Å². The first-order chi connectivity index (χ1) is 9.76. The molecule has 1 aromatic carbocycles. The Morgan fingerprint density at radius 2 is 2.30 bits per heavy atom. The monoisotopic (exact) mass is 268 g/mol. The molecule has 0 N–H and O–H groups in total. The summed E-state index contributed by atoms with van der Waals surface area (Å²) < 4.78 is 4.91. The summed E-state index contributed by atoms with van der Waals surface area (Å²) in [6, 6.07) is 8.33. The molecular formula is C16H16N2O2. The second-order valence-corrected chi connectivity index (χ2v) is 5.55. The molecule has 2 atom stereocenters. The molecule has 2 unspecified atom stereocenters. The summed E-state index contributed by atoms with van der Waals surface area (Å²) in [4.78, 5) is 18.6. The molecule has 1 saturated heterocycles. The number of hydrogen-bond acceptors (Lipinski definition) is 3. The van der Waals surface area contributed by atoms with Crippen LogP contribution in [0.1, 0.15) is 18.4 Å². The minimum atomic E-state index is -0.252. The number of allylic oxidation sites excluding steroid dienone is 1. The maximum Gasteiger partial charge on any atom is 0.410 e. The Bertz CT molecular complexity index is 650. The van der Waals surface area contributed by atoms with Crippen molar-refractivity contribution >= 4 is 17.5 Å². The zero-order valence-electron chi connectivity index (χ0n) is 11.4. The second-order valence-electron chi connectivity index (χ2n) is 5.55. The maximum atomic E-state index is 12.0. The zero-order valence-corrected chi connectivity index (χ0v) is 11.4. The lowest BCUT2D eigenvalue weighted by Crippen LogP contribution is -2.58. The number of methoxy groups -OCH3 is 1. The number of likely N-dealkylation sites (tertiary alicyclic amines) is 1. The van der Waals surface area contributed by atoms with Crippen LogP contribution in [0.5, 0.6) is 0 Å². The van der Waals surface area contributed by atoms with Crippen molar-refractivity contribution in [3.8, 4) is 0 Å². The molecule has 0 radical (unpaired) electrons. The molecule has 2 heterocycles. The number of para-hydroxylation sites is 1. The van der Waals surface area contributed by atoms with Gasteiger partial charge in [0, 0.05) is 6.54 Å². The van der Waals surface area contributed by atoms with Gasteiger partial charge in [0.2, 0.25) is 0 Å². The van der Waals surface area contributed by atoms with E-state index in [4.69, 9.17) is 9.73 Å². The van der Waals surface area contributed by atoms with Crippen molar-refractivity contribution in [1.29, 1.82) is 0 Å². The fourth-order valence-electron chi connectivity index (χ4n) is 3.78. The minimum Gasteiger partial charge on any atom is -0.453 e. The molecule has 0 saturated carbocycles. The number of benzene rings is 1. The predicted octanol–water partition coefficient (Wildman–Crippen LogP) is 2.81. The molecule has 0 aromatic heterocycles. The predicted molar refractivity (Wildman–Crippen MR) is 76.5 cm³/mol. The molecule has 20 heavy (non-hydrogen) atoms. The number of carbonyl (C=O) groups excluding carboxylic acids is 1. The Labute approximate surface area is 117 Å². The van der Waals surface area contributed by atoms with E-state index >= 15 is 0 Å². The van der Waals surface area contributed by atoms with Crippen LogP contribution in [0.4, 0.5) is 10.5 Å². The number of rotatable bonds is 0. The third-order valence-corrected chi connectivity index (χ3v) is 4.69. The summed E-state index contributed by atoms with van der Waals surface area (Å²) in [6.45, 7) is 0.717. The molecule has 2 aliphatic heterocycles. The third kappa shape index (κ3) is 1.31. The number of fused-ring (bicyclic) bond motifs is 1. The van der Waals surface area contributed by atoms with E-state index in [0.29, 0.717) is 0 Å². The van der Waals surface area contributed by atoms with Crippen LogP contribution in [0, 0.1) is 0 Å². The Morgan fingerprint density at radius 1 is 1.45 bits per heavy atom. The molecule has 102 valence electrons.